The van der Waals surface area contributed by atoms with Crippen LogP contribution in [-0.4, -0.2) is 48.8 Å². The molecule has 1 amide bonds. The van der Waals surface area contributed by atoms with E-state index >= 15 is 0 Å². The van der Waals surface area contributed by atoms with E-state index in [-0.39, 0.29) is 35.2 Å². The fraction of sp³-hybridized carbons (Fsp3) is 0.550. The summed E-state index contributed by atoms with van der Waals surface area (Å²) in [5, 5.41) is 8.09. The van der Waals surface area contributed by atoms with Crippen LogP contribution in [0.4, 0.5) is 13.2 Å². The van der Waals surface area contributed by atoms with Crippen molar-refractivity contribution >= 4 is 17.0 Å². The second-order valence-electron chi connectivity index (χ2n) is 7.78. The van der Waals surface area contributed by atoms with Gasteiger partial charge in [-0.1, -0.05) is 12.1 Å². The highest BCUT2D eigenvalue weighted by Gasteiger charge is 2.38. The summed E-state index contributed by atoms with van der Waals surface area (Å²) in [4.78, 5) is 22.7. The maximum absolute atomic E-state index is 13.7. The molecule has 31 heavy (non-hydrogen) atoms. The lowest BCUT2D eigenvalue weighted by atomic mass is 9.90. The molecule has 0 saturated carbocycles. The molecule has 0 aliphatic carbocycles. The summed E-state index contributed by atoms with van der Waals surface area (Å²) in [5.74, 6) is 0.924. The Morgan fingerprint density at radius 3 is 2.52 bits per heavy atom. The van der Waals surface area contributed by atoms with Crippen LogP contribution in [0, 0.1) is 13.8 Å². The van der Waals surface area contributed by atoms with Gasteiger partial charge >= 0.3 is 6.18 Å². The van der Waals surface area contributed by atoms with Crippen LogP contribution in [0.1, 0.15) is 54.3 Å². The monoisotopic (exact) mass is 436 g/mol. The molecule has 0 bridgehead atoms. The third-order valence-electron chi connectivity index (χ3n) is 5.68. The van der Waals surface area contributed by atoms with Gasteiger partial charge in [0.05, 0.1) is 16.6 Å². The molecule has 1 fully saturated rings. The summed E-state index contributed by atoms with van der Waals surface area (Å²) >= 11 is 0. The van der Waals surface area contributed by atoms with Gasteiger partial charge in [0.1, 0.15) is 18.2 Å². The first-order valence-corrected chi connectivity index (χ1v) is 10.2. The van der Waals surface area contributed by atoms with Crippen molar-refractivity contribution in [2.75, 3.05) is 13.1 Å². The van der Waals surface area contributed by atoms with Gasteiger partial charge in [-0.2, -0.15) is 18.3 Å². The largest absolute Gasteiger partial charge is 0.417 e. The number of hydrogen-bond donors (Lipinski definition) is 0. The zero-order valence-electron chi connectivity index (χ0n) is 17.5. The quantitative estimate of drug-likeness (QED) is 0.623. The third kappa shape index (κ3) is 4.13. The van der Waals surface area contributed by atoms with Gasteiger partial charge in [-0.05, 0) is 39.2 Å². The molecule has 1 saturated heterocycles. The smallest absolute Gasteiger partial charge is 0.341 e. The maximum atomic E-state index is 13.7. The number of alkyl halides is 3. The number of aromatic nitrogens is 5. The predicted octanol–water partition coefficient (Wildman–Crippen LogP) is 3.42. The fourth-order valence-corrected chi connectivity index (χ4v) is 4.05. The van der Waals surface area contributed by atoms with Crippen molar-refractivity contribution in [2.24, 2.45) is 0 Å². The molecule has 1 aliphatic rings. The number of amides is 1. The molecule has 3 aromatic heterocycles. The van der Waals surface area contributed by atoms with Gasteiger partial charge in [-0.15, -0.1) is 0 Å². The second kappa shape index (κ2) is 7.93. The van der Waals surface area contributed by atoms with Gasteiger partial charge in [0.25, 0.3) is 5.71 Å². The van der Waals surface area contributed by atoms with Crippen LogP contribution in [0.15, 0.2) is 10.6 Å². The average molecular weight is 436 g/mol. The lowest BCUT2D eigenvalue weighted by Gasteiger charge is -2.31. The highest BCUT2D eigenvalue weighted by atomic mass is 19.4. The Kier molecular flexibility index (Phi) is 5.44. The second-order valence-corrected chi connectivity index (χ2v) is 7.78. The molecule has 0 spiro atoms. The lowest BCUT2D eigenvalue weighted by molar-refractivity contribution is -0.136. The van der Waals surface area contributed by atoms with Crippen LogP contribution >= 0.6 is 0 Å². The number of hydrogen-bond acceptors (Lipinski definition) is 6. The first-order chi connectivity index (χ1) is 14.7. The molecule has 4 rings (SSSR count). The van der Waals surface area contributed by atoms with Gasteiger partial charge in [0.2, 0.25) is 5.91 Å². The summed E-state index contributed by atoms with van der Waals surface area (Å²) in [6.07, 6.45) is -3.18. The number of carbonyl (C=O) groups excluding carboxylic acids is 1. The van der Waals surface area contributed by atoms with Gasteiger partial charge < -0.3 is 9.42 Å². The number of fused-ring (bicyclic) bond motifs is 1. The summed E-state index contributed by atoms with van der Waals surface area (Å²) < 4.78 is 47.9. The van der Waals surface area contributed by atoms with E-state index in [1.807, 2.05) is 0 Å². The Labute approximate surface area is 176 Å². The van der Waals surface area contributed by atoms with Crippen LogP contribution in [0.2, 0.25) is 0 Å². The summed E-state index contributed by atoms with van der Waals surface area (Å²) in [7, 11) is 0. The minimum atomic E-state index is -4.53. The van der Waals surface area contributed by atoms with Crippen LogP contribution < -0.4 is 0 Å². The van der Waals surface area contributed by atoms with E-state index in [4.69, 9.17) is 4.52 Å². The number of pyridine rings is 1. The summed E-state index contributed by atoms with van der Waals surface area (Å²) in [6, 6.07) is 1.07. The van der Waals surface area contributed by atoms with Crippen LogP contribution in [-0.2, 0) is 23.9 Å². The molecule has 3 aromatic rings. The van der Waals surface area contributed by atoms with Crippen molar-refractivity contribution in [1.29, 1.82) is 0 Å². The molecule has 0 N–H and O–H groups in total. The number of aryl methyl sites for hydroxylation is 3. The summed E-state index contributed by atoms with van der Waals surface area (Å²) in [6.45, 7) is 6.21. The molecular formula is C20H23F3N6O2. The Bertz CT molecular complexity index is 1110. The van der Waals surface area contributed by atoms with E-state index in [1.54, 1.807) is 30.4 Å². The van der Waals surface area contributed by atoms with E-state index in [2.05, 4.69) is 20.2 Å². The van der Waals surface area contributed by atoms with E-state index in [1.165, 1.54) is 0 Å². The molecule has 11 heteroatoms. The summed E-state index contributed by atoms with van der Waals surface area (Å²) in [5.41, 5.74) is -0.271. The zero-order chi connectivity index (χ0) is 22.3. The third-order valence-corrected chi connectivity index (χ3v) is 5.68. The van der Waals surface area contributed by atoms with Crippen molar-refractivity contribution in [3.05, 3.63) is 34.7 Å². The average Bonchev–Trinajstić information content (AvgIpc) is 3.28. The van der Waals surface area contributed by atoms with Gasteiger partial charge in [-0.25, -0.2) is 14.6 Å². The highest BCUT2D eigenvalue weighted by molar-refractivity contribution is 5.82. The van der Waals surface area contributed by atoms with Crippen molar-refractivity contribution < 1.29 is 22.5 Å². The first-order valence-electron chi connectivity index (χ1n) is 10.2. The number of likely N-dealkylation sites (tertiary alicyclic amines) is 1. The zero-order valence-corrected chi connectivity index (χ0v) is 17.5. The predicted molar refractivity (Wildman–Crippen MR) is 104 cm³/mol. The Hall–Kier alpha value is -2.98. The molecule has 166 valence electrons. The van der Waals surface area contributed by atoms with Crippen LogP contribution in [0.25, 0.3) is 11.1 Å². The van der Waals surface area contributed by atoms with E-state index in [0.717, 1.165) is 6.07 Å². The van der Waals surface area contributed by atoms with Crippen LogP contribution in [0.5, 0.6) is 0 Å². The number of rotatable bonds is 4. The number of nitrogens with zero attached hydrogens (tertiary/aromatic N) is 6. The Morgan fingerprint density at radius 1 is 1.23 bits per heavy atom. The normalized spacial score (nSPS) is 15.7. The van der Waals surface area contributed by atoms with Gasteiger partial charge in [0.15, 0.2) is 0 Å². The molecule has 4 heterocycles. The van der Waals surface area contributed by atoms with Crippen molar-refractivity contribution in [3.63, 3.8) is 0 Å². The SMILES string of the molecule is CCc1cc(C(F)(F)F)c2c(C3CCN(C(=O)Cn4nc(C)nc4C)CC3)noc2n1. The van der Waals surface area contributed by atoms with E-state index in [0.29, 0.717) is 49.7 Å². The number of halogens is 3. The number of piperidine rings is 1. The van der Waals surface area contributed by atoms with Crippen molar-refractivity contribution in [3.8, 4) is 0 Å². The van der Waals surface area contributed by atoms with E-state index in [9.17, 15) is 18.0 Å². The first kappa shape index (κ1) is 21.3. The molecule has 0 unspecified atom stereocenters. The minimum absolute atomic E-state index is 0.0665. The Morgan fingerprint density at radius 2 is 1.94 bits per heavy atom. The maximum Gasteiger partial charge on any atom is 0.417 e. The van der Waals surface area contributed by atoms with Crippen molar-refractivity contribution in [2.45, 2.75) is 58.7 Å². The minimum Gasteiger partial charge on any atom is -0.341 e. The van der Waals surface area contributed by atoms with Gasteiger partial charge in [0, 0.05) is 24.7 Å². The molecule has 0 radical (unpaired) electrons. The molecule has 8 nitrogen and oxygen atoms in total. The molecule has 0 aromatic carbocycles. The van der Waals surface area contributed by atoms with Crippen molar-refractivity contribution in [1.82, 2.24) is 29.8 Å². The fourth-order valence-electron chi connectivity index (χ4n) is 4.05. The van der Waals surface area contributed by atoms with Crippen LogP contribution in [0.3, 0.4) is 0 Å². The molecule has 0 atom stereocenters. The van der Waals surface area contributed by atoms with E-state index < -0.39 is 11.7 Å². The standard InChI is InChI=1S/C20H23F3N6O2/c1-4-14-9-15(20(21,22)23)17-18(27-31-19(17)25-14)13-5-7-28(8-6-13)16(30)10-29-12(3)24-11(2)26-29/h9,13H,4-8,10H2,1-3H3. The number of carbonyl (C=O) groups is 1. The van der Waals surface area contributed by atoms with Gasteiger partial charge in [-0.3, -0.25) is 4.79 Å². The lowest BCUT2D eigenvalue weighted by Crippen LogP contribution is -2.40. The highest BCUT2D eigenvalue weighted by Crippen LogP contribution is 2.40. The topological polar surface area (TPSA) is 89.9 Å². The Balaban J connectivity index is 1.52. The molecule has 1 aliphatic heterocycles. The molecular weight excluding hydrogens is 413 g/mol.